The van der Waals surface area contributed by atoms with Crippen molar-refractivity contribution in [3.8, 4) is 0 Å². The van der Waals surface area contributed by atoms with E-state index in [4.69, 9.17) is 0 Å². The highest BCUT2D eigenvalue weighted by molar-refractivity contribution is 9.10. The molecule has 16 heavy (non-hydrogen) atoms. The molecule has 1 fully saturated rings. The van der Waals surface area contributed by atoms with Gasteiger partial charge in [-0.1, -0.05) is 48.7 Å². The van der Waals surface area contributed by atoms with Crippen molar-refractivity contribution in [2.45, 2.75) is 45.6 Å². The third kappa shape index (κ3) is 2.79. The van der Waals surface area contributed by atoms with E-state index in [-0.39, 0.29) is 0 Å². The Labute approximate surface area is 107 Å². The van der Waals surface area contributed by atoms with E-state index in [9.17, 15) is 0 Å². The molecule has 0 aliphatic heterocycles. The standard InChI is InChI=1S/C14H20BrN/c1-14(2)9-4-3-8-13(14)16-12-7-5-6-11(15)10-12/h5-7,10,13,16H,3-4,8-9H2,1-2H3. The Balaban J connectivity index is 2.08. The summed E-state index contributed by atoms with van der Waals surface area (Å²) in [7, 11) is 0. The molecular weight excluding hydrogens is 262 g/mol. The molecule has 1 atom stereocenters. The molecule has 1 aromatic rings. The van der Waals surface area contributed by atoms with Gasteiger partial charge in [-0.05, 0) is 36.5 Å². The Morgan fingerprint density at radius 1 is 1.31 bits per heavy atom. The van der Waals surface area contributed by atoms with Crippen molar-refractivity contribution in [3.05, 3.63) is 28.7 Å². The predicted molar refractivity (Wildman–Crippen MR) is 73.8 cm³/mol. The van der Waals surface area contributed by atoms with Gasteiger partial charge in [0.05, 0.1) is 0 Å². The minimum atomic E-state index is 0.417. The molecule has 1 nitrogen and oxygen atoms in total. The van der Waals surface area contributed by atoms with Gasteiger partial charge in [0.25, 0.3) is 0 Å². The number of hydrogen-bond acceptors (Lipinski definition) is 1. The minimum absolute atomic E-state index is 0.417. The molecule has 0 heterocycles. The zero-order valence-electron chi connectivity index (χ0n) is 10.1. The minimum Gasteiger partial charge on any atom is -0.382 e. The third-order valence-corrected chi connectivity index (χ3v) is 4.17. The maximum atomic E-state index is 3.68. The van der Waals surface area contributed by atoms with Crippen LogP contribution in [-0.2, 0) is 0 Å². The van der Waals surface area contributed by atoms with Crippen LogP contribution in [0.4, 0.5) is 5.69 Å². The summed E-state index contributed by atoms with van der Waals surface area (Å²) in [6.07, 6.45) is 5.36. The molecule has 1 unspecified atom stereocenters. The quantitative estimate of drug-likeness (QED) is 0.819. The number of benzene rings is 1. The number of nitrogens with one attached hydrogen (secondary N) is 1. The molecule has 1 aromatic carbocycles. The van der Waals surface area contributed by atoms with Gasteiger partial charge < -0.3 is 5.32 Å². The van der Waals surface area contributed by atoms with Crippen molar-refractivity contribution in [2.75, 3.05) is 5.32 Å². The number of rotatable bonds is 2. The topological polar surface area (TPSA) is 12.0 Å². The fraction of sp³-hybridized carbons (Fsp3) is 0.571. The normalized spacial score (nSPS) is 24.1. The number of halogens is 1. The van der Waals surface area contributed by atoms with Gasteiger partial charge in [-0.3, -0.25) is 0 Å². The molecule has 1 aliphatic rings. The first-order chi connectivity index (χ1) is 7.58. The van der Waals surface area contributed by atoms with Gasteiger partial charge in [0, 0.05) is 16.2 Å². The fourth-order valence-corrected chi connectivity index (χ4v) is 2.94. The fourth-order valence-electron chi connectivity index (χ4n) is 2.54. The largest absolute Gasteiger partial charge is 0.382 e. The van der Waals surface area contributed by atoms with Crippen molar-refractivity contribution in [2.24, 2.45) is 5.41 Å². The van der Waals surface area contributed by atoms with Crippen LogP contribution in [0.5, 0.6) is 0 Å². The Morgan fingerprint density at radius 2 is 2.12 bits per heavy atom. The van der Waals surface area contributed by atoms with Gasteiger partial charge in [-0.25, -0.2) is 0 Å². The third-order valence-electron chi connectivity index (χ3n) is 3.67. The molecule has 2 rings (SSSR count). The van der Waals surface area contributed by atoms with E-state index in [0.29, 0.717) is 11.5 Å². The average molecular weight is 282 g/mol. The van der Waals surface area contributed by atoms with Gasteiger partial charge in [-0.2, -0.15) is 0 Å². The highest BCUT2D eigenvalue weighted by atomic mass is 79.9. The van der Waals surface area contributed by atoms with E-state index in [2.05, 4.69) is 59.4 Å². The summed E-state index contributed by atoms with van der Waals surface area (Å²) in [5, 5.41) is 3.68. The second-order valence-electron chi connectivity index (χ2n) is 5.44. The van der Waals surface area contributed by atoms with Crippen LogP contribution in [0.1, 0.15) is 39.5 Å². The highest BCUT2D eigenvalue weighted by Gasteiger charge is 2.31. The van der Waals surface area contributed by atoms with Crippen molar-refractivity contribution in [1.29, 1.82) is 0 Å². The summed E-state index contributed by atoms with van der Waals surface area (Å²) in [6.45, 7) is 4.75. The van der Waals surface area contributed by atoms with E-state index in [1.807, 2.05) is 0 Å². The average Bonchev–Trinajstić information content (AvgIpc) is 2.21. The Hall–Kier alpha value is -0.500. The molecule has 1 saturated carbocycles. The van der Waals surface area contributed by atoms with Crippen LogP contribution < -0.4 is 5.32 Å². The van der Waals surface area contributed by atoms with Crippen molar-refractivity contribution in [3.63, 3.8) is 0 Å². The number of hydrogen-bond donors (Lipinski definition) is 1. The van der Waals surface area contributed by atoms with E-state index >= 15 is 0 Å². The predicted octanol–water partition coefficient (Wildman–Crippen LogP) is 4.83. The summed E-state index contributed by atoms with van der Waals surface area (Å²) < 4.78 is 1.14. The lowest BCUT2D eigenvalue weighted by Gasteiger charge is -2.39. The van der Waals surface area contributed by atoms with Crippen molar-refractivity contribution >= 4 is 21.6 Å². The summed E-state index contributed by atoms with van der Waals surface area (Å²) >= 11 is 3.52. The second kappa shape index (κ2) is 4.79. The Bertz CT molecular complexity index is 360. The van der Waals surface area contributed by atoms with Crippen LogP contribution >= 0.6 is 15.9 Å². The molecule has 0 saturated heterocycles. The molecule has 1 aliphatic carbocycles. The van der Waals surface area contributed by atoms with Crippen LogP contribution in [0, 0.1) is 5.41 Å². The molecule has 0 radical (unpaired) electrons. The van der Waals surface area contributed by atoms with E-state index in [1.165, 1.54) is 31.4 Å². The van der Waals surface area contributed by atoms with Gasteiger partial charge >= 0.3 is 0 Å². The maximum absolute atomic E-state index is 3.68. The van der Waals surface area contributed by atoms with Gasteiger partial charge in [-0.15, -0.1) is 0 Å². The van der Waals surface area contributed by atoms with E-state index in [1.54, 1.807) is 0 Å². The van der Waals surface area contributed by atoms with Crippen LogP contribution in [-0.4, -0.2) is 6.04 Å². The van der Waals surface area contributed by atoms with Gasteiger partial charge in [0.15, 0.2) is 0 Å². The lowest BCUT2D eigenvalue weighted by Crippen LogP contribution is -2.38. The van der Waals surface area contributed by atoms with Crippen molar-refractivity contribution < 1.29 is 0 Å². The zero-order valence-corrected chi connectivity index (χ0v) is 11.7. The first-order valence-electron chi connectivity index (χ1n) is 6.10. The molecule has 88 valence electrons. The molecular formula is C14H20BrN. The molecule has 0 bridgehead atoms. The zero-order chi connectivity index (χ0) is 11.6. The van der Waals surface area contributed by atoms with Crippen LogP contribution in [0.15, 0.2) is 28.7 Å². The first-order valence-corrected chi connectivity index (χ1v) is 6.89. The summed E-state index contributed by atoms with van der Waals surface area (Å²) in [5.74, 6) is 0. The Morgan fingerprint density at radius 3 is 2.81 bits per heavy atom. The molecule has 1 N–H and O–H groups in total. The first kappa shape index (κ1) is 12.0. The summed E-state index contributed by atoms with van der Waals surface area (Å²) in [4.78, 5) is 0. The lowest BCUT2D eigenvalue weighted by atomic mass is 9.73. The SMILES string of the molecule is CC1(C)CCCCC1Nc1cccc(Br)c1. The molecule has 0 amide bonds. The Kier molecular flexibility index (Phi) is 3.58. The van der Waals surface area contributed by atoms with Crippen LogP contribution in [0.2, 0.25) is 0 Å². The van der Waals surface area contributed by atoms with Gasteiger partial charge in [0.1, 0.15) is 0 Å². The highest BCUT2D eigenvalue weighted by Crippen LogP contribution is 2.37. The molecule has 2 heteroatoms. The lowest BCUT2D eigenvalue weighted by molar-refractivity contribution is 0.217. The second-order valence-corrected chi connectivity index (χ2v) is 6.36. The van der Waals surface area contributed by atoms with Crippen LogP contribution in [0.25, 0.3) is 0 Å². The smallest absolute Gasteiger partial charge is 0.0353 e. The molecule has 0 spiro atoms. The summed E-state index contributed by atoms with van der Waals surface area (Å²) in [5.41, 5.74) is 1.65. The van der Waals surface area contributed by atoms with E-state index < -0.39 is 0 Å². The summed E-state index contributed by atoms with van der Waals surface area (Å²) in [6, 6.07) is 9.06. The van der Waals surface area contributed by atoms with Gasteiger partial charge in [0.2, 0.25) is 0 Å². The van der Waals surface area contributed by atoms with Crippen LogP contribution in [0.3, 0.4) is 0 Å². The van der Waals surface area contributed by atoms with E-state index in [0.717, 1.165) is 4.47 Å². The maximum Gasteiger partial charge on any atom is 0.0353 e. The number of anilines is 1. The van der Waals surface area contributed by atoms with Crippen molar-refractivity contribution in [1.82, 2.24) is 0 Å². The molecule has 0 aromatic heterocycles. The monoisotopic (exact) mass is 281 g/mol.